The Morgan fingerprint density at radius 3 is 2.48 bits per heavy atom. The lowest BCUT2D eigenvalue weighted by molar-refractivity contribution is 0.414. The van der Waals surface area contributed by atoms with Crippen molar-refractivity contribution in [1.82, 2.24) is 19.9 Å². The Hall–Kier alpha value is -2.60. The van der Waals surface area contributed by atoms with E-state index in [-0.39, 0.29) is 0 Å². The van der Waals surface area contributed by atoms with E-state index in [9.17, 15) is 0 Å². The predicted octanol–water partition coefficient (Wildman–Crippen LogP) is 1.78. The summed E-state index contributed by atoms with van der Waals surface area (Å²) in [5.41, 5.74) is 9.14. The van der Waals surface area contributed by atoms with Gasteiger partial charge in [-0.25, -0.2) is 19.9 Å². The predicted molar refractivity (Wildman–Crippen MR) is 78.9 cm³/mol. The smallest absolute Gasteiger partial charge is 0.181 e. The second-order valence-electron chi connectivity index (χ2n) is 4.64. The maximum absolute atomic E-state index is 6.34. The molecular formula is C15H15N5O. The summed E-state index contributed by atoms with van der Waals surface area (Å²) in [5.74, 6) is 1.41. The van der Waals surface area contributed by atoms with Crippen molar-refractivity contribution in [2.45, 2.75) is 13.0 Å². The minimum Gasteiger partial charge on any atom is -0.497 e. The van der Waals surface area contributed by atoms with Crippen molar-refractivity contribution in [3.8, 4) is 5.75 Å². The lowest BCUT2D eigenvalue weighted by Gasteiger charge is -2.14. The number of methoxy groups -OCH3 is 1. The molecule has 0 fully saturated rings. The molecule has 2 aromatic heterocycles. The summed E-state index contributed by atoms with van der Waals surface area (Å²) in [6, 6.07) is 7.19. The zero-order chi connectivity index (χ0) is 14.8. The topological polar surface area (TPSA) is 86.8 Å². The average molecular weight is 281 g/mol. The van der Waals surface area contributed by atoms with Gasteiger partial charge in [0.25, 0.3) is 0 Å². The summed E-state index contributed by atoms with van der Waals surface area (Å²) in [5, 5.41) is 0. The van der Waals surface area contributed by atoms with Crippen molar-refractivity contribution >= 4 is 11.2 Å². The first kappa shape index (κ1) is 13.4. The Labute approximate surface area is 122 Å². The van der Waals surface area contributed by atoms with Crippen LogP contribution in [0, 0.1) is 6.92 Å². The molecule has 0 radical (unpaired) electrons. The monoisotopic (exact) mass is 281 g/mol. The summed E-state index contributed by atoms with van der Waals surface area (Å²) < 4.78 is 5.16. The van der Waals surface area contributed by atoms with E-state index in [0.29, 0.717) is 22.7 Å². The average Bonchev–Trinajstić information content (AvgIpc) is 2.53. The van der Waals surface area contributed by atoms with Crippen LogP contribution in [0.15, 0.2) is 36.7 Å². The number of rotatable bonds is 3. The molecule has 0 aliphatic carbocycles. The summed E-state index contributed by atoms with van der Waals surface area (Å²) >= 11 is 0. The Morgan fingerprint density at radius 1 is 1.05 bits per heavy atom. The molecule has 0 spiro atoms. The van der Waals surface area contributed by atoms with Gasteiger partial charge in [-0.1, -0.05) is 12.1 Å². The highest BCUT2D eigenvalue weighted by Gasteiger charge is 2.17. The first-order valence-corrected chi connectivity index (χ1v) is 6.54. The molecule has 1 atom stereocenters. The number of nitrogens with zero attached hydrogens (tertiary/aromatic N) is 4. The molecule has 0 bridgehead atoms. The molecule has 6 nitrogen and oxygen atoms in total. The van der Waals surface area contributed by atoms with E-state index in [1.54, 1.807) is 19.5 Å². The Bertz CT molecular complexity index is 773. The summed E-state index contributed by atoms with van der Waals surface area (Å²) in [6.07, 6.45) is 3.22. The molecular weight excluding hydrogens is 266 g/mol. The van der Waals surface area contributed by atoms with Crippen LogP contribution in [0.25, 0.3) is 11.2 Å². The van der Waals surface area contributed by atoms with Crippen molar-refractivity contribution in [1.29, 1.82) is 0 Å². The van der Waals surface area contributed by atoms with E-state index in [4.69, 9.17) is 10.5 Å². The molecule has 2 heterocycles. The van der Waals surface area contributed by atoms with Crippen LogP contribution in [0.5, 0.6) is 5.75 Å². The summed E-state index contributed by atoms with van der Waals surface area (Å²) in [4.78, 5) is 17.3. The van der Waals surface area contributed by atoms with Gasteiger partial charge in [-0.2, -0.15) is 0 Å². The van der Waals surface area contributed by atoms with Crippen LogP contribution >= 0.6 is 0 Å². The molecule has 21 heavy (non-hydrogen) atoms. The van der Waals surface area contributed by atoms with Gasteiger partial charge in [0.05, 0.1) is 18.8 Å². The van der Waals surface area contributed by atoms with Crippen LogP contribution in [-0.2, 0) is 0 Å². The largest absolute Gasteiger partial charge is 0.497 e. The van der Waals surface area contributed by atoms with Crippen molar-refractivity contribution in [2.75, 3.05) is 7.11 Å². The van der Waals surface area contributed by atoms with Gasteiger partial charge in [-0.3, -0.25) is 0 Å². The second kappa shape index (κ2) is 5.41. The van der Waals surface area contributed by atoms with Gasteiger partial charge in [0.15, 0.2) is 5.65 Å². The molecule has 1 unspecified atom stereocenters. The van der Waals surface area contributed by atoms with Crippen molar-refractivity contribution in [2.24, 2.45) is 5.73 Å². The maximum atomic E-state index is 6.34. The highest BCUT2D eigenvalue weighted by Crippen LogP contribution is 2.24. The van der Waals surface area contributed by atoms with Gasteiger partial charge in [-0.05, 0) is 24.6 Å². The van der Waals surface area contributed by atoms with E-state index in [1.165, 1.54) is 0 Å². The normalized spacial score (nSPS) is 12.3. The number of hydrogen-bond acceptors (Lipinski definition) is 6. The van der Waals surface area contributed by atoms with Gasteiger partial charge in [-0.15, -0.1) is 0 Å². The first-order valence-electron chi connectivity index (χ1n) is 6.54. The van der Waals surface area contributed by atoms with E-state index in [2.05, 4.69) is 19.9 Å². The van der Waals surface area contributed by atoms with Gasteiger partial charge < -0.3 is 10.5 Å². The number of aryl methyl sites for hydroxylation is 1. The van der Waals surface area contributed by atoms with Crippen LogP contribution in [0.2, 0.25) is 0 Å². The third kappa shape index (κ3) is 2.53. The second-order valence-corrected chi connectivity index (χ2v) is 4.64. The van der Waals surface area contributed by atoms with Gasteiger partial charge in [0.2, 0.25) is 0 Å². The van der Waals surface area contributed by atoms with Gasteiger partial charge in [0.1, 0.15) is 17.1 Å². The van der Waals surface area contributed by atoms with Crippen LogP contribution in [0.3, 0.4) is 0 Å². The molecule has 3 aromatic rings. The Kier molecular flexibility index (Phi) is 3.45. The highest BCUT2D eigenvalue weighted by atomic mass is 16.5. The van der Waals surface area contributed by atoms with E-state index in [0.717, 1.165) is 11.3 Å². The van der Waals surface area contributed by atoms with E-state index >= 15 is 0 Å². The maximum Gasteiger partial charge on any atom is 0.181 e. The molecule has 6 heteroatoms. The molecule has 106 valence electrons. The minimum atomic E-state index is -0.392. The van der Waals surface area contributed by atoms with Crippen LogP contribution in [0.4, 0.5) is 0 Å². The van der Waals surface area contributed by atoms with Gasteiger partial charge >= 0.3 is 0 Å². The zero-order valence-electron chi connectivity index (χ0n) is 11.8. The fraction of sp³-hybridized carbons (Fsp3) is 0.200. The quantitative estimate of drug-likeness (QED) is 0.787. The molecule has 2 N–H and O–H groups in total. The SMILES string of the molecule is COc1ccc(C(N)c2nc(C)nc3nccnc23)cc1. The molecule has 3 rings (SSSR count). The molecule has 0 amide bonds. The molecule has 0 saturated heterocycles. The number of hydrogen-bond donors (Lipinski definition) is 1. The molecule has 0 saturated carbocycles. The highest BCUT2D eigenvalue weighted by molar-refractivity contribution is 5.73. The van der Waals surface area contributed by atoms with E-state index < -0.39 is 6.04 Å². The minimum absolute atomic E-state index is 0.392. The standard InChI is InChI=1S/C15H15N5O/c1-9-19-13(14-15(20-9)18-8-7-17-14)12(16)10-3-5-11(21-2)6-4-10/h3-8,12H,16H2,1-2H3. The lowest BCUT2D eigenvalue weighted by Crippen LogP contribution is -2.16. The number of aromatic nitrogens is 4. The van der Waals surface area contributed by atoms with Crippen LogP contribution in [-0.4, -0.2) is 27.0 Å². The number of fused-ring (bicyclic) bond motifs is 1. The Morgan fingerprint density at radius 2 is 1.76 bits per heavy atom. The first-order chi connectivity index (χ1) is 10.2. The zero-order valence-corrected chi connectivity index (χ0v) is 11.8. The number of nitrogens with two attached hydrogens (primary N) is 1. The van der Waals surface area contributed by atoms with Crippen LogP contribution < -0.4 is 10.5 Å². The summed E-state index contributed by atoms with van der Waals surface area (Å²) in [7, 11) is 1.63. The summed E-state index contributed by atoms with van der Waals surface area (Å²) in [6.45, 7) is 1.82. The van der Waals surface area contributed by atoms with Crippen molar-refractivity contribution in [3.05, 3.63) is 53.7 Å². The number of ether oxygens (including phenoxy) is 1. The van der Waals surface area contributed by atoms with Crippen molar-refractivity contribution in [3.63, 3.8) is 0 Å². The number of benzene rings is 1. The van der Waals surface area contributed by atoms with Crippen molar-refractivity contribution < 1.29 is 4.74 Å². The fourth-order valence-corrected chi connectivity index (χ4v) is 2.18. The molecule has 0 aliphatic heterocycles. The third-order valence-electron chi connectivity index (χ3n) is 3.24. The van der Waals surface area contributed by atoms with Gasteiger partial charge in [0, 0.05) is 12.4 Å². The fourth-order valence-electron chi connectivity index (χ4n) is 2.18. The van der Waals surface area contributed by atoms with Crippen LogP contribution in [0.1, 0.15) is 23.1 Å². The third-order valence-corrected chi connectivity index (χ3v) is 3.24. The molecule has 1 aromatic carbocycles. The van der Waals surface area contributed by atoms with E-state index in [1.807, 2.05) is 31.2 Å². The lowest BCUT2D eigenvalue weighted by atomic mass is 10.0. The Balaban J connectivity index is 2.09. The molecule has 0 aliphatic rings.